The number of aliphatic carboxylic acids is 1. The average Bonchev–Trinajstić information content (AvgIpc) is 2.83. The minimum Gasteiger partial charge on any atom is -0.494 e. The van der Waals surface area contributed by atoms with Gasteiger partial charge in [-0.1, -0.05) is 49.2 Å². The summed E-state index contributed by atoms with van der Waals surface area (Å²) in [6.07, 6.45) is 4.45. The zero-order valence-corrected chi connectivity index (χ0v) is 20.9. The maximum absolute atomic E-state index is 11.5. The SMILES string of the molecule is CC(=O)Oc1cccc(CCCCCCOc2ccc3cc([C@H](C)C(=O)O)ccc3c2)c1OC(C)=O. The van der Waals surface area contributed by atoms with Crippen LogP contribution in [0.15, 0.2) is 54.6 Å². The third-order valence-electron chi connectivity index (χ3n) is 5.88. The number of ether oxygens (including phenoxy) is 3. The Kier molecular flexibility index (Phi) is 9.45. The molecular weight excluding hydrogens is 460 g/mol. The molecule has 0 aliphatic heterocycles. The number of carboxylic acids is 1. The van der Waals surface area contributed by atoms with Crippen molar-refractivity contribution in [1.82, 2.24) is 0 Å². The van der Waals surface area contributed by atoms with Crippen LogP contribution in [0.4, 0.5) is 0 Å². The highest BCUT2D eigenvalue weighted by Gasteiger charge is 2.15. The summed E-state index contributed by atoms with van der Waals surface area (Å²) < 4.78 is 16.4. The second kappa shape index (κ2) is 12.7. The van der Waals surface area contributed by atoms with Gasteiger partial charge in [0.2, 0.25) is 0 Å². The van der Waals surface area contributed by atoms with Gasteiger partial charge in [-0.15, -0.1) is 0 Å². The number of unbranched alkanes of at least 4 members (excludes halogenated alkanes) is 3. The Morgan fingerprint density at radius 1 is 0.833 bits per heavy atom. The fourth-order valence-electron chi connectivity index (χ4n) is 3.96. The van der Waals surface area contributed by atoms with Crippen molar-refractivity contribution in [3.63, 3.8) is 0 Å². The number of hydrogen-bond donors (Lipinski definition) is 1. The van der Waals surface area contributed by atoms with Gasteiger partial charge in [-0.3, -0.25) is 14.4 Å². The number of fused-ring (bicyclic) bond motifs is 1. The van der Waals surface area contributed by atoms with Gasteiger partial charge in [0, 0.05) is 13.8 Å². The summed E-state index contributed by atoms with van der Waals surface area (Å²) in [6, 6.07) is 16.8. The number of carboxylic acid groups (broad SMARTS) is 1. The molecular formula is C29H32O7. The van der Waals surface area contributed by atoms with E-state index >= 15 is 0 Å². The van der Waals surface area contributed by atoms with Gasteiger partial charge in [0.15, 0.2) is 11.5 Å². The molecule has 0 saturated heterocycles. The van der Waals surface area contributed by atoms with Gasteiger partial charge in [0.1, 0.15) is 5.75 Å². The van der Waals surface area contributed by atoms with E-state index in [1.54, 1.807) is 19.1 Å². The summed E-state index contributed by atoms with van der Waals surface area (Å²) >= 11 is 0. The predicted octanol–water partition coefficient (Wildman–Crippen LogP) is 6.06. The first-order valence-corrected chi connectivity index (χ1v) is 12.1. The van der Waals surface area contributed by atoms with E-state index in [9.17, 15) is 19.5 Å². The number of rotatable bonds is 12. The van der Waals surface area contributed by atoms with Crippen molar-refractivity contribution in [2.24, 2.45) is 0 Å². The molecule has 0 bridgehead atoms. The first-order valence-electron chi connectivity index (χ1n) is 12.1. The highest BCUT2D eigenvalue weighted by molar-refractivity contribution is 5.86. The van der Waals surface area contributed by atoms with Crippen molar-refractivity contribution < 1.29 is 33.7 Å². The number of benzene rings is 3. The monoisotopic (exact) mass is 492 g/mol. The van der Waals surface area contributed by atoms with Crippen molar-refractivity contribution in [2.75, 3.05) is 6.61 Å². The molecule has 0 aromatic heterocycles. The average molecular weight is 493 g/mol. The molecule has 190 valence electrons. The van der Waals surface area contributed by atoms with E-state index in [0.717, 1.165) is 53.3 Å². The van der Waals surface area contributed by atoms with Crippen LogP contribution in [-0.4, -0.2) is 29.6 Å². The molecule has 0 saturated carbocycles. The zero-order valence-electron chi connectivity index (χ0n) is 20.9. The lowest BCUT2D eigenvalue weighted by atomic mass is 9.98. The number of carbonyl (C=O) groups is 3. The largest absolute Gasteiger partial charge is 0.494 e. The minimum atomic E-state index is -0.838. The van der Waals surface area contributed by atoms with E-state index in [0.29, 0.717) is 18.8 Å². The fraction of sp³-hybridized carbons (Fsp3) is 0.345. The fourth-order valence-corrected chi connectivity index (χ4v) is 3.96. The Morgan fingerprint density at radius 3 is 2.25 bits per heavy atom. The first-order chi connectivity index (χ1) is 17.2. The maximum atomic E-state index is 11.5. The normalized spacial score (nSPS) is 11.6. The number of aryl methyl sites for hydroxylation is 1. The van der Waals surface area contributed by atoms with Crippen molar-refractivity contribution >= 4 is 28.7 Å². The molecule has 1 N–H and O–H groups in total. The molecule has 0 amide bonds. The van der Waals surface area contributed by atoms with Crippen LogP contribution in [-0.2, 0) is 20.8 Å². The highest BCUT2D eigenvalue weighted by Crippen LogP contribution is 2.33. The lowest BCUT2D eigenvalue weighted by Gasteiger charge is -2.13. The smallest absolute Gasteiger partial charge is 0.310 e. The van der Waals surface area contributed by atoms with Gasteiger partial charge in [-0.2, -0.15) is 0 Å². The van der Waals surface area contributed by atoms with Crippen molar-refractivity contribution in [3.05, 3.63) is 65.7 Å². The quantitative estimate of drug-likeness (QED) is 0.186. The summed E-state index contributed by atoms with van der Waals surface area (Å²) in [5.74, 6) is -0.960. The second-order valence-corrected chi connectivity index (χ2v) is 8.77. The van der Waals surface area contributed by atoms with Crippen LogP contribution >= 0.6 is 0 Å². The predicted molar refractivity (Wildman–Crippen MR) is 137 cm³/mol. The van der Waals surface area contributed by atoms with E-state index in [-0.39, 0.29) is 5.75 Å². The van der Waals surface area contributed by atoms with E-state index in [1.165, 1.54) is 13.8 Å². The number of carbonyl (C=O) groups excluding carboxylic acids is 2. The molecule has 3 rings (SSSR count). The van der Waals surface area contributed by atoms with Gasteiger partial charge in [0.05, 0.1) is 12.5 Å². The van der Waals surface area contributed by atoms with Crippen LogP contribution in [0.5, 0.6) is 17.2 Å². The Bertz CT molecular complexity index is 1230. The van der Waals surface area contributed by atoms with Crippen LogP contribution in [0.3, 0.4) is 0 Å². The minimum absolute atomic E-state index is 0.256. The Balaban J connectivity index is 1.45. The maximum Gasteiger partial charge on any atom is 0.310 e. The van der Waals surface area contributed by atoms with Gasteiger partial charge in [-0.25, -0.2) is 0 Å². The van der Waals surface area contributed by atoms with Crippen LogP contribution in [0.25, 0.3) is 10.8 Å². The highest BCUT2D eigenvalue weighted by atomic mass is 16.6. The molecule has 0 spiro atoms. The second-order valence-electron chi connectivity index (χ2n) is 8.77. The van der Waals surface area contributed by atoms with Crippen LogP contribution < -0.4 is 14.2 Å². The van der Waals surface area contributed by atoms with Crippen LogP contribution in [0.1, 0.15) is 63.5 Å². The molecule has 7 heteroatoms. The van der Waals surface area contributed by atoms with E-state index in [4.69, 9.17) is 14.2 Å². The summed E-state index contributed by atoms with van der Waals surface area (Å²) in [5, 5.41) is 11.2. The number of esters is 2. The van der Waals surface area contributed by atoms with Gasteiger partial charge >= 0.3 is 17.9 Å². The molecule has 3 aromatic carbocycles. The Hall–Kier alpha value is -3.87. The molecule has 0 heterocycles. The number of hydrogen-bond acceptors (Lipinski definition) is 6. The standard InChI is InChI=1S/C29H32O7/c1-19(29(32)33)23-12-13-25-18-26(15-14-24(25)17-23)34-16-7-5-4-6-9-22-10-8-11-27(35-20(2)30)28(22)36-21(3)31/h8,10-15,17-19H,4-7,9,16H2,1-3H3,(H,32,33)/t19-/m0/s1. The molecule has 36 heavy (non-hydrogen) atoms. The summed E-state index contributed by atoms with van der Waals surface area (Å²) in [6.45, 7) is 4.91. The molecule has 0 radical (unpaired) electrons. The van der Waals surface area contributed by atoms with Gasteiger partial charge < -0.3 is 19.3 Å². The summed E-state index contributed by atoms with van der Waals surface area (Å²) in [7, 11) is 0. The van der Waals surface area contributed by atoms with Gasteiger partial charge in [-0.05, 0) is 66.3 Å². The lowest BCUT2D eigenvalue weighted by Crippen LogP contribution is -2.09. The van der Waals surface area contributed by atoms with Crippen LogP contribution in [0, 0.1) is 0 Å². The van der Waals surface area contributed by atoms with Crippen molar-refractivity contribution in [2.45, 2.75) is 58.8 Å². The van der Waals surface area contributed by atoms with E-state index in [2.05, 4.69) is 0 Å². The molecule has 0 aliphatic carbocycles. The summed E-state index contributed by atoms with van der Waals surface area (Å²) in [5.41, 5.74) is 1.61. The summed E-state index contributed by atoms with van der Waals surface area (Å²) in [4.78, 5) is 34.1. The van der Waals surface area contributed by atoms with E-state index in [1.807, 2.05) is 42.5 Å². The third-order valence-corrected chi connectivity index (χ3v) is 5.88. The Labute approximate surface area is 211 Å². The topological polar surface area (TPSA) is 99.1 Å². The van der Waals surface area contributed by atoms with Crippen molar-refractivity contribution in [3.8, 4) is 17.2 Å². The molecule has 0 fully saturated rings. The van der Waals surface area contributed by atoms with E-state index < -0.39 is 23.8 Å². The zero-order chi connectivity index (χ0) is 26.1. The third kappa shape index (κ3) is 7.57. The van der Waals surface area contributed by atoms with Crippen molar-refractivity contribution in [1.29, 1.82) is 0 Å². The molecule has 7 nitrogen and oxygen atoms in total. The lowest BCUT2D eigenvalue weighted by molar-refractivity contribution is -0.138. The number of para-hydroxylation sites is 1. The molecule has 3 aromatic rings. The molecule has 1 atom stereocenters. The molecule has 0 unspecified atom stereocenters. The van der Waals surface area contributed by atoms with Gasteiger partial charge in [0.25, 0.3) is 0 Å². The molecule has 0 aliphatic rings. The Morgan fingerprint density at radius 2 is 1.53 bits per heavy atom. The first kappa shape index (κ1) is 26.7. The van der Waals surface area contributed by atoms with Crippen LogP contribution in [0.2, 0.25) is 0 Å².